The van der Waals surface area contributed by atoms with Crippen LogP contribution in [-0.2, 0) is 6.42 Å². The third-order valence-corrected chi connectivity index (χ3v) is 2.84. The molecule has 0 radical (unpaired) electrons. The summed E-state index contributed by atoms with van der Waals surface area (Å²) in [4.78, 5) is 4.16. The normalized spacial score (nSPS) is 18.5. The second-order valence-electron chi connectivity index (χ2n) is 3.80. The molecular weight excluding hydrogens is 188 g/mol. The third-order valence-electron chi connectivity index (χ3n) is 2.84. The number of benzene rings is 1. The molecule has 1 aliphatic rings. The summed E-state index contributed by atoms with van der Waals surface area (Å²) >= 11 is 0. The van der Waals surface area contributed by atoms with E-state index >= 15 is 0 Å². The summed E-state index contributed by atoms with van der Waals surface area (Å²) in [7, 11) is 0. The largest absolute Gasteiger partial charge is 0.384 e. The highest BCUT2D eigenvalue weighted by molar-refractivity contribution is 5.57. The van der Waals surface area contributed by atoms with Crippen molar-refractivity contribution in [2.24, 2.45) is 0 Å². The summed E-state index contributed by atoms with van der Waals surface area (Å²) in [5.74, 6) is 1.47. The molecule has 0 fully saturated rings. The highest BCUT2D eigenvalue weighted by Crippen LogP contribution is 2.32. The predicted octanol–water partition coefficient (Wildman–Crippen LogP) is 1.56. The average molecular weight is 200 g/mol. The van der Waals surface area contributed by atoms with Crippen LogP contribution in [0.5, 0.6) is 0 Å². The van der Waals surface area contributed by atoms with Gasteiger partial charge in [-0.25, -0.2) is 4.98 Å². The van der Waals surface area contributed by atoms with Gasteiger partial charge in [-0.3, -0.25) is 5.10 Å². The van der Waals surface area contributed by atoms with Gasteiger partial charge in [-0.2, -0.15) is 5.10 Å². The fraction of sp³-hybridized carbons (Fsp3) is 0.273. The number of nitrogens with one attached hydrogen (secondary N) is 2. The van der Waals surface area contributed by atoms with Crippen LogP contribution in [0, 0.1) is 0 Å². The summed E-state index contributed by atoms with van der Waals surface area (Å²) < 4.78 is 0. The van der Waals surface area contributed by atoms with Crippen LogP contribution < -0.4 is 5.32 Å². The van der Waals surface area contributed by atoms with E-state index in [1.54, 1.807) is 6.33 Å². The topological polar surface area (TPSA) is 53.6 Å². The first-order valence-electron chi connectivity index (χ1n) is 5.10. The SMILES string of the molecule is c1ccc2c(c1)NCC2Cc1ncn[nH]1. The Morgan fingerprint density at radius 3 is 3.13 bits per heavy atom. The van der Waals surface area contributed by atoms with Crippen molar-refractivity contribution in [2.75, 3.05) is 11.9 Å². The molecule has 1 aromatic carbocycles. The summed E-state index contributed by atoms with van der Waals surface area (Å²) in [6.45, 7) is 0.986. The molecule has 1 aliphatic heterocycles. The monoisotopic (exact) mass is 200 g/mol. The minimum Gasteiger partial charge on any atom is -0.384 e. The van der Waals surface area contributed by atoms with Crippen molar-refractivity contribution >= 4 is 5.69 Å². The zero-order valence-corrected chi connectivity index (χ0v) is 8.27. The van der Waals surface area contributed by atoms with Gasteiger partial charge in [0.25, 0.3) is 0 Å². The van der Waals surface area contributed by atoms with Crippen molar-refractivity contribution in [1.82, 2.24) is 15.2 Å². The van der Waals surface area contributed by atoms with Crippen LogP contribution in [0.2, 0.25) is 0 Å². The molecule has 4 heteroatoms. The van der Waals surface area contributed by atoms with Crippen LogP contribution in [0.15, 0.2) is 30.6 Å². The van der Waals surface area contributed by atoms with Gasteiger partial charge in [0.1, 0.15) is 12.2 Å². The van der Waals surface area contributed by atoms with E-state index in [9.17, 15) is 0 Å². The Morgan fingerprint density at radius 1 is 1.33 bits per heavy atom. The number of rotatable bonds is 2. The average Bonchev–Trinajstić information content (AvgIpc) is 2.89. The van der Waals surface area contributed by atoms with Gasteiger partial charge >= 0.3 is 0 Å². The van der Waals surface area contributed by atoms with Crippen LogP contribution in [0.25, 0.3) is 0 Å². The molecule has 0 amide bonds. The first-order chi connectivity index (χ1) is 7.43. The lowest BCUT2D eigenvalue weighted by atomic mass is 9.98. The molecule has 0 saturated carbocycles. The van der Waals surface area contributed by atoms with Gasteiger partial charge < -0.3 is 5.32 Å². The summed E-state index contributed by atoms with van der Waals surface area (Å²) in [6, 6.07) is 8.44. The van der Waals surface area contributed by atoms with Gasteiger partial charge in [-0.15, -0.1) is 0 Å². The Morgan fingerprint density at radius 2 is 2.27 bits per heavy atom. The molecule has 15 heavy (non-hydrogen) atoms. The zero-order valence-electron chi connectivity index (χ0n) is 8.27. The highest BCUT2D eigenvalue weighted by atomic mass is 15.2. The van der Waals surface area contributed by atoms with Crippen molar-refractivity contribution in [3.63, 3.8) is 0 Å². The van der Waals surface area contributed by atoms with E-state index in [1.807, 2.05) is 0 Å². The van der Waals surface area contributed by atoms with Gasteiger partial charge in [0.2, 0.25) is 0 Å². The van der Waals surface area contributed by atoms with Crippen LogP contribution in [0.1, 0.15) is 17.3 Å². The molecule has 2 heterocycles. The van der Waals surface area contributed by atoms with Crippen LogP contribution in [0.3, 0.4) is 0 Å². The number of hydrogen-bond acceptors (Lipinski definition) is 3. The number of aromatic nitrogens is 3. The summed E-state index contributed by atoms with van der Waals surface area (Å²) in [5, 5.41) is 10.2. The van der Waals surface area contributed by atoms with Crippen molar-refractivity contribution in [3.05, 3.63) is 42.0 Å². The zero-order chi connectivity index (χ0) is 10.1. The van der Waals surface area contributed by atoms with Gasteiger partial charge in [0.15, 0.2) is 0 Å². The van der Waals surface area contributed by atoms with E-state index in [0.29, 0.717) is 5.92 Å². The van der Waals surface area contributed by atoms with Crippen LogP contribution >= 0.6 is 0 Å². The smallest absolute Gasteiger partial charge is 0.137 e. The van der Waals surface area contributed by atoms with E-state index in [2.05, 4.69) is 44.8 Å². The van der Waals surface area contributed by atoms with Gasteiger partial charge in [0, 0.05) is 24.6 Å². The minimum atomic E-state index is 0.508. The number of anilines is 1. The molecule has 2 aromatic rings. The number of nitrogens with zero attached hydrogens (tertiary/aromatic N) is 2. The number of H-pyrrole nitrogens is 1. The lowest BCUT2D eigenvalue weighted by Gasteiger charge is -2.06. The van der Waals surface area contributed by atoms with Gasteiger partial charge in [0.05, 0.1) is 0 Å². The molecule has 1 unspecified atom stereocenters. The number of hydrogen-bond donors (Lipinski definition) is 2. The highest BCUT2D eigenvalue weighted by Gasteiger charge is 2.22. The summed E-state index contributed by atoms with van der Waals surface area (Å²) in [6.07, 6.45) is 2.48. The second-order valence-corrected chi connectivity index (χ2v) is 3.80. The Balaban J connectivity index is 1.85. The molecular formula is C11H12N4. The molecule has 76 valence electrons. The molecule has 0 aliphatic carbocycles. The Hall–Kier alpha value is -1.84. The van der Waals surface area contributed by atoms with Gasteiger partial charge in [-0.05, 0) is 11.6 Å². The lowest BCUT2D eigenvalue weighted by molar-refractivity contribution is 0.715. The van der Waals surface area contributed by atoms with E-state index in [4.69, 9.17) is 0 Å². The van der Waals surface area contributed by atoms with Crippen LogP contribution in [0.4, 0.5) is 5.69 Å². The number of para-hydroxylation sites is 1. The molecule has 0 bridgehead atoms. The van der Waals surface area contributed by atoms with E-state index in [1.165, 1.54) is 11.3 Å². The maximum absolute atomic E-state index is 4.16. The predicted molar refractivity (Wildman–Crippen MR) is 57.8 cm³/mol. The van der Waals surface area contributed by atoms with E-state index in [-0.39, 0.29) is 0 Å². The Bertz CT molecular complexity index is 449. The van der Waals surface area contributed by atoms with Crippen molar-refractivity contribution in [1.29, 1.82) is 0 Å². The molecule has 0 saturated heterocycles. The number of aromatic amines is 1. The lowest BCUT2D eigenvalue weighted by Crippen LogP contribution is -2.06. The first-order valence-corrected chi connectivity index (χ1v) is 5.10. The molecule has 0 spiro atoms. The standard InChI is InChI=1S/C11H12N4/c1-2-4-10-9(3-1)8(6-12-10)5-11-13-7-14-15-11/h1-4,7-8,12H,5-6H2,(H,13,14,15). The molecule has 4 nitrogen and oxygen atoms in total. The number of fused-ring (bicyclic) bond motifs is 1. The van der Waals surface area contributed by atoms with Gasteiger partial charge in [-0.1, -0.05) is 18.2 Å². The molecule has 1 atom stereocenters. The summed E-state index contributed by atoms with van der Waals surface area (Å²) in [5.41, 5.74) is 2.64. The maximum Gasteiger partial charge on any atom is 0.137 e. The first kappa shape index (κ1) is 8.47. The maximum atomic E-state index is 4.16. The Labute approximate surface area is 87.7 Å². The fourth-order valence-corrected chi connectivity index (χ4v) is 2.10. The van der Waals surface area contributed by atoms with Crippen molar-refractivity contribution < 1.29 is 0 Å². The second kappa shape index (κ2) is 3.38. The van der Waals surface area contributed by atoms with E-state index in [0.717, 1.165) is 18.8 Å². The molecule has 1 aromatic heterocycles. The van der Waals surface area contributed by atoms with E-state index < -0.39 is 0 Å². The molecule has 3 rings (SSSR count). The van der Waals surface area contributed by atoms with Crippen molar-refractivity contribution in [2.45, 2.75) is 12.3 Å². The fourth-order valence-electron chi connectivity index (χ4n) is 2.10. The third kappa shape index (κ3) is 1.48. The minimum absolute atomic E-state index is 0.508. The molecule has 2 N–H and O–H groups in total. The van der Waals surface area contributed by atoms with Crippen LogP contribution in [-0.4, -0.2) is 21.7 Å². The Kier molecular flexibility index (Phi) is 1.91. The quantitative estimate of drug-likeness (QED) is 0.773. The van der Waals surface area contributed by atoms with Crippen molar-refractivity contribution in [3.8, 4) is 0 Å².